The quantitative estimate of drug-likeness (QED) is 0.793. The summed E-state index contributed by atoms with van der Waals surface area (Å²) in [6.45, 7) is 2.44. The van der Waals surface area contributed by atoms with Crippen LogP contribution in [0, 0.1) is 12.8 Å². The predicted octanol–water partition coefficient (Wildman–Crippen LogP) is 0.987. The van der Waals surface area contributed by atoms with Crippen LogP contribution in [0.1, 0.15) is 24.8 Å². The van der Waals surface area contributed by atoms with Crippen molar-refractivity contribution in [2.45, 2.75) is 31.1 Å². The Kier molecular flexibility index (Phi) is 5.95. The second-order valence-corrected chi connectivity index (χ2v) is 7.89. The predicted molar refractivity (Wildman–Crippen MR) is 87.9 cm³/mol. The minimum Gasteiger partial charge on any atom is -0.481 e. The lowest BCUT2D eigenvalue weighted by atomic mass is 9.99. The number of carboxylic acid groups (broad SMARTS) is 1. The third-order valence-corrected chi connectivity index (χ3v) is 5.93. The zero-order chi connectivity index (χ0) is 17.7. The number of aliphatic carboxylic acids is 1. The molecule has 0 spiro atoms. The summed E-state index contributed by atoms with van der Waals surface area (Å²) in [6.07, 6.45) is 1.05. The molecule has 1 aliphatic heterocycles. The Morgan fingerprint density at radius 1 is 1.29 bits per heavy atom. The lowest BCUT2D eigenvalue weighted by Crippen LogP contribution is -2.45. The van der Waals surface area contributed by atoms with Crippen LogP contribution in [0.4, 0.5) is 0 Å². The van der Waals surface area contributed by atoms with E-state index < -0.39 is 21.9 Å². The molecule has 24 heavy (non-hydrogen) atoms. The standard InChI is InChI=1S/C16H22N2O5S/c1-12-4-6-14(7-5-12)24(22,23)18-10-2-3-13(11-18)16(21)17-9-8-15(19)20/h4-7,13H,2-3,8-11H2,1H3,(H,17,21)(H,19,20). The fourth-order valence-electron chi connectivity index (χ4n) is 2.67. The van der Waals surface area contributed by atoms with Gasteiger partial charge >= 0.3 is 5.97 Å². The zero-order valence-electron chi connectivity index (χ0n) is 13.6. The lowest BCUT2D eigenvalue weighted by molar-refractivity contribution is -0.137. The lowest BCUT2D eigenvalue weighted by Gasteiger charge is -2.31. The highest BCUT2D eigenvalue weighted by Gasteiger charge is 2.33. The number of hydrogen-bond acceptors (Lipinski definition) is 4. The summed E-state index contributed by atoms with van der Waals surface area (Å²) in [5, 5.41) is 11.2. The van der Waals surface area contributed by atoms with Gasteiger partial charge in [-0.2, -0.15) is 4.31 Å². The largest absolute Gasteiger partial charge is 0.481 e. The number of aryl methyl sites for hydroxylation is 1. The van der Waals surface area contributed by atoms with Crippen molar-refractivity contribution in [2.24, 2.45) is 5.92 Å². The number of hydrogen-bond donors (Lipinski definition) is 2. The molecule has 1 heterocycles. The van der Waals surface area contributed by atoms with Crippen LogP contribution >= 0.6 is 0 Å². The van der Waals surface area contributed by atoms with Crippen molar-refractivity contribution < 1.29 is 23.1 Å². The highest BCUT2D eigenvalue weighted by molar-refractivity contribution is 7.89. The van der Waals surface area contributed by atoms with Gasteiger partial charge in [-0.3, -0.25) is 9.59 Å². The molecule has 8 heteroatoms. The Morgan fingerprint density at radius 2 is 1.96 bits per heavy atom. The number of piperidine rings is 1. The molecule has 7 nitrogen and oxygen atoms in total. The van der Waals surface area contributed by atoms with Crippen LogP contribution in [0.5, 0.6) is 0 Å². The van der Waals surface area contributed by atoms with E-state index in [-0.39, 0.29) is 30.3 Å². The van der Waals surface area contributed by atoms with Crippen molar-refractivity contribution in [3.05, 3.63) is 29.8 Å². The van der Waals surface area contributed by atoms with Crippen molar-refractivity contribution in [2.75, 3.05) is 19.6 Å². The number of carbonyl (C=O) groups excluding carboxylic acids is 1. The van der Waals surface area contributed by atoms with Crippen LogP contribution in [-0.2, 0) is 19.6 Å². The molecule has 1 aromatic carbocycles. The Hall–Kier alpha value is -1.93. The first-order chi connectivity index (χ1) is 11.3. The molecular formula is C16H22N2O5S. The van der Waals surface area contributed by atoms with Gasteiger partial charge in [-0.05, 0) is 31.9 Å². The molecule has 1 amide bonds. The first kappa shape index (κ1) is 18.4. The molecule has 0 radical (unpaired) electrons. The van der Waals surface area contributed by atoms with Gasteiger partial charge in [0, 0.05) is 19.6 Å². The average Bonchev–Trinajstić information content (AvgIpc) is 2.55. The molecule has 2 N–H and O–H groups in total. The Balaban J connectivity index is 2.02. The number of nitrogens with zero attached hydrogens (tertiary/aromatic N) is 1. The summed E-state index contributed by atoms with van der Waals surface area (Å²) in [5.74, 6) is -1.73. The van der Waals surface area contributed by atoms with E-state index in [2.05, 4.69) is 5.32 Å². The van der Waals surface area contributed by atoms with Crippen LogP contribution in [-0.4, -0.2) is 49.3 Å². The maximum absolute atomic E-state index is 12.7. The molecule has 1 atom stereocenters. The maximum atomic E-state index is 12.7. The first-order valence-electron chi connectivity index (χ1n) is 7.87. The van der Waals surface area contributed by atoms with E-state index in [1.165, 1.54) is 4.31 Å². The van der Waals surface area contributed by atoms with E-state index in [1.54, 1.807) is 24.3 Å². The van der Waals surface area contributed by atoms with Gasteiger partial charge in [0.2, 0.25) is 15.9 Å². The van der Waals surface area contributed by atoms with Crippen LogP contribution in [0.25, 0.3) is 0 Å². The summed E-state index contributed by atoms with van der Waals surface area (Å²) in [5.41, 5.74) is 0.975. The number of carbonyl (C=O) groups is 2. The Bertz CT molecular complexity index is 700. The average molecular weight is 354 g/mol. The molecule has 0 aromatic heterocycles. The van der Waals surface area contributed by atoms with Crippen LogP contribution < -0.4 is 5.32 Å². The second kappa shape index (κ2) is 7.76. The second-order valence-electron chi connectivity index (χ2n) is 5.95. The number of benzene rings is 1. The number of amides is 1. The summed E-state index contributed by atoms with van der Waals surface area (Å²) in [7, 11) is -3.62. The van der Waals surface area contributed by atoms with Crippen molar-refractivity contribution >= 4 is 21.9 Å². The topological polar surface area (TPSA) is 104 Å². The van der Waals surface area contributed by atoms with Gasteiger partial charge in [-0.1, -0.05) is 17.7 Å². The van der Waals surface area contributed by atoms with E-state index >= 15 is 0 Å². The molecule has 1 unspecified atom stereocenters. The van der Waals surface area contributed by atoms with Crippen molar-refractivity contribution in [1.82, 2.24) is 9.62 Å². The third-order valence-electron chi connectivity index (χ3n) is 4.05. The molecule has 1 fully saturated rings. The molecule has 0 bridgehead atoms. The van der Waals surface area contributed by atoms with Gasteiger partial charge in [-0.25, -0.2) is 8.42 Å². The van der Waals surface area contributed by atoms with Gasteiger partial charge < -0.3 is 10.4 Å². The number of nitrogens with one attached hydrogen (secondary N) is 1. The fraction of sp³-hybridized carbons (Fsp3) is 0.500. The van der Waals surface area contributed by atoms with Gasteiger partial charge in [0.05, 0.1) is 17.2 Å². The maximum Gasteiger partial charge on any atom is 0.305 e. The molecule has 132 valence electrons. The monoisotopic (exact) mass is 354 g/mol. The van der Waals surface area contributed by atoms with Gasteiger partial charge in [-0.15, -0.1) is 0 Å². The molecule has 1 saturated heterocycles. The molecule has 1 aromatic rings. The fourth-order valence-corrected chi connectivity index (χ4v) is 4.19. The van der Waals surface area contributed by atoms with Crippen molar-refractivity contribution in [3.8, 4) is 0 Å². The number of carboxylic acids is 1. The Morgan fingerprint density at radius 3 is 2.58 bits per heavy atom. The van der Waals surface area contributed by atoms with Gasteiger partial charge in [0.15, 0.2) is 0 Å². The summed E-state index contributed by atoms with van der Waals surface area (Å²) in [6, 6.07) is 6.63. The number of sulfonamides is 1. The normalized spacial score (nSPS) is 19.0. The van der Waals surface area contributed by atoms with E-state index in [0.717, 1.165) is 5.56 Å². The summed E-state index contributed by atoms with van der Waals surface area (Å²) < 4.78 is 26.7. The Labute approximate surface area is 141 Å². The molecule has 1 aliphatic rings. The highest BCUT2D eigenvalue weighted by Crippen LogP contribution is 2.24. The van der Waals surface area contributed by atoms with E-state index in [9.17, 15) is 18.0 Å². The summed E-state index contributed by atoms with van der Waals surface area (Å²) in [4.78, 5) is 22.8. The zero-order valence-corrected chi connectivity index (χ0v) is 14.4. The smallest absolute Gasteiger partial charge is 0.305 e. The number of rotatable bonds is 6. The molecule has 2 rings (SSSR count). The SMILES string of the molecule is Cc1ccc(S(=O)(=O)N2CCCC(C(=O)NCCC(=O)O)C2)cc1. The van der Waals surface area contributed by atoms with Crippen molar-refractivity contribution in [1.29, 1.82) is 0 Å². The minimum atomic E-state index is -3.62. The highest BCUT2D eigenvalue weighted by atomic mass is 32.2. The summed E-state index contributed by atoms with van der Waals surface area (Å²) >= 11 is 0. The van der Waals surface area contributed by atoms with E-state index in [1.807, 2.05) is 6.92 Å². The third kappa shape index (κ3) is 4.55. The molecule has 0 aliphatic carbocycles. The van der Waals surface area contributed by atoms with Gasteiger partial charge in [0.1, 0.15) is 0 Å². The van der Waals surface area contributed by atoms with Crippen LogP contribution in [0.15, 0.2) is 29.2 Å². The van der Waals surface area contributed by atoms with Gasteiger partial charge in [0.25, 0.3) is 0 Å². The molecule has 0 saturated carbocycles. The van der Waals surface area contributed by atoms with Crippen LogP contribution in [0.3, 0.4) is 0 Å². The van der Waals surface area contributed by atoms with E-state index in [0.29, 0.717) is 19.4 Å². The minimum absolute atomic E-state index is 0.0510. The van der Waals surface area contributed by atoms with E-state index in [4.69, 9.17) is 5.11 Å². The first-order valence-corrected chi connectivity index (χ1v) is 9.31. The van der Waals surface area contributed by atoms with Crippen LogP contribution in [0.2, 0.25) is 0 Å². The van der Waals surface area contributed by atoms with Crippen molar-refractivity contribution in [3.63, 3.8) is 0 Å². The molecular weight excluding hydrogens is 332 g/mol.